The third kappa shape index (κ3) is 9.82. The Morgan fingerprint density at radius 1 is 0.966 bits per heavy atom. The van der Waals surface area contributed by atoms with Gasteiger partial charge in [0.2, 0.25) is 5.91 Å². The Hall–Kier alpha value is -2.77. The van der Waals surface area contributed by atoms with Gasteiger partial charge in [-0.05, 0) is 66.2 Å². The van der Waals surface area contributed by atoms with Crippen molar-refractivity contribution in [1.29, 1.82) is 0 Å². The zero-order chi connectivity index (χ0) is 22.4. The summed E-state index contributed by atoms with van der Waals surface area (Å²) in [6, 6.07) is 5.05. The van der Waals surface area contributed by atoms with Crippen LogP contribution in [0, 0.1) is 0 Å². The summed E-state index contributed by atoms with van der Waals surface area (Å²) in [7, 11) is 0. The van der Waals surface area contributed by atoms with Gasteiger partial charge in [-0.2, -0.15) is 0 Å². The van der Waals surface area contributed by atoms with E-state index in [2.05, 4.69) is 10.6 Å². The Morgan fingerprint density at radius 2 is 1.52 bits per heavy atom. The van der Waals surface area contributed by atoms with Crippen molar-refractivity contribution in [3.8, 4) is 5.75 Å². The van der Waals surface area contributed by atoms with Crippen LogP contribution in [-0.4, -0.2) is 46.4 Å². The molecular weight excluding hydrogens is 376 g/mol. The molecule has 1 aromatic carbocycles. The van der Waals surface area contributed by atoms with Gasteiger partial charge in [0.05, 0.1) is 0 Å². The zero-order valence-corrected chi connectivity index (χ0v) is 18.2. The molecule has 8 heteroatoms. The van der Waals surface area contributed by atoms with Crippen LogP contribution in [0.1, 0.15) is 54.0 Å². The van der Waals surface area contributed by atoms with E-state index in [4.69, 9.17) is 14.6 Å². The van der Waals surface area contributed by atoms with Crippen LogP contribution in [0.2, 0.25) is 0 Å². The summed E-state index contributed by atoms with van der Waals surface area (Å²) >= 11 is 0. The van der Waals surface area contributed by atoms with Crippen molar-refractivity contribution in [2.75, 3.05) is 0 Å². The molecule has 0 radical (unpaired) electrons. The number of nitrogens with one attached hydrogen (secondary N) is 2. The summed E-state index contributed by atoms with van der Waals surface area (Å²) < 4.78 is 11.0. The van der Waals surface area contributed by atoms with Crippen LogP contribution in [0.15, 0.2) is 24.3 Å². The molecule has 0 aliphatic rings. The van der Waals surface area contributed by atoms with Crippen molar-refractivity contribution in [2.24, 2.45) is 0 Å². The van der Waals surface area contributed by atoms with E-state index in [1.54, 1.807) is 45.0 Å². The van der Waals surface area contributed by atoms with Crippen LogP contribution < -0.4 is 15.4 Å². The first-order chi connectivity index (χ1) is 13.2. The highest BCUT2D eigenvalue weighted by atomic mass is 16.6. The summed E-state index contributed by atoms with van der Waals surface area (Å²) in [4.78, 5) is 35.7. The van der Waals surface area contributed by atoms with Crippen LogP contribution in [0.5, 0.6) is 5.75 Å². The maximum absolute atomic E-state index is 12.5. The second-order valence-corrected chi connectivity index (χ2v) is 8.83. The molecular formula is C21H32N2O6. The summed E-state index contributed by atoms with van der Waals surface area (Å²) in [5, 5.41) is 13.9. The van der Waals surface area contributed by atoms with Crippen molar-refractivity contribution in [3.63, 3.8) is 0 Å². The second kappa shape index (κ2) is 9.62. The minimum atomic E-state index is -1.17. The molecule has 8 nitrogen and oxygen atoms in total. The highest BCUT2D eigenvalue weighted by Crippen LogP contribution is 2.19. The highest BCUT2D eigenvalue weighted by molar-refractivity contribution is 5.89. The van der Waals surface area contributed by atoms with Crippen LogP contribution in [-0.2, 0) is 20.7 Å². The molecule has 0 saturated carbocycles. The number of carbonyl (C=O) groups excluding carboxylic acids is 2. The molecule has 29 heavy (non-hydrogen) atoms. The summed E-state index contributed by atoms with van der Waals surface area (Å²) in [5.74, 6) is -1.10. The molecule has 2 atom stereocenters. The van der Waals surface area contributed by atoms with Gasteiger partial charge in [-0.3, -0.25) is 9.59 Å². The lowest BCUT2D eigenvalue weighted by molar-refractivity contribution is -0.141. The lowest BCUT2D eigenvalue weighted by Gasteiger charge is -2.24. The van der Waals surface area contributed by atoms with Crippen LogP contribution in [0.4, 0.5) is 4.79 Å². The van der Waals surface area contributed by atoms with E-state index in [-0.39, 0.29) is 12.0 Å². The predicted molar refractivity (Wildman–Crippen MR) is 109 cm³/mol. The Kier molecular flexibility index (Phi) is 8.05. The molecule has 2 amide bonds. The number of amides is 2. The second-order valence-electron chi connectivity index (χ2n) is 8.83. The smallest absolute Gasteiger partial charge is 0.408 e. The number of rotatable bonds is 7. The first-order valence-corrected chi connectivity index (χ1v) is 9.47. The summed E-state index contributed by atoms with van der Waals surface area (Å²) in [6.45, 7) is 12.3. The topological polar surface area (TPSA) is 114 Å². The maximum atomic E-state index is 12.5. The van der Waals surface area contributed by atoms with Gasteiger partial charge in [0, 0.05) is 6.42 Å². The third-order valence-corrected chi connectivity index (χ3v) is 3.52. The van der Waals surface area contributed by atoms with Crippen molar-refractivity contribution in [2.45, 2.75) is 78.2 Å². The number of hydrogen-bond donors (Lipinski definition) is 3. The Morgan fingerprint density at radius 3 is 1.97 bits per heavy atom. The van der Waals surface area contributed by atoms with E-state index >= 15 is 0 Å². The van der Waals surface area contributed by atoms with E-state index in [9.17, 15) is 14.4 Å². The molecule has 162 valence electrons. The van der Waals surface area contributed by atoms with Gasteiger partial charge in [0.15, 0.2) is 0 Å². The van der Waals surface area contributed by atoms with Crippen molar-refractivity contribution >= 4 is 18.0 Å². The minimum Gasteiger partial charge on any atom is -0.488 e. The van der Waals surface area contributed by atoms with E-state index in [0.29, 0.717) is 5.75 Å². The molecule has 1 aromatic rings. The van der Waals surface area contributed by atoms with Gasteiger partial charge in [-0.15, -0.1) is 0 Å². The van der Waals surface area contributed by atoms with E-state index in [0.717, 1.165) is 5.56 Å². The minimum absolute atomic E-state index is 0.160. The van der Waals surface area contributed by atoms with Gasteiger partial charge >= 0.3 is 12.1 Å². The average molecular weight is 408 g/mol. The number of carbonyl (C=O) groups is 3. The van der Waals surface area contributed by atoms with Crippen LogP contribution >= 0.6 is 0 Å². The molecule has 0 fully saturated rings. The zero-order valence-electron chi connectivity index (χ0n) is 18.2. The number of hydrogen-bond acceptors (Lipinski definition) is 5. The molecule has 1 rings (SSSR count). The van der Waals surface area contributed by atoms with Gasteiger partial charge < -0.3 is 25.2 Å². The van der Waals surface area contributed by atoms with Crippen LogP contribution in [0.25, 0.3) is 0 Å². The Bertz CT molecular complexity index is 716. The maximum Gasteiger partial charge on any atom is 0.408 e. The number of alkyl carbamates (subject to hydrolysis) is 1. The third-order valence-electron chi connectivity index (χ3n) is 3.52. The molecule has 0 aromatic heterocycles. The molecule has 0 spiro atoms. The first kappa shape index (κ1) is 24.3. The van der Waals surface area contributed by atoms with Gasteiger partial charge in [-0.1, -0.05) is 12.1 Å². The number of benzene rings is 1. The molecule has 0 aliphatic heterocycles. The fourth-order valence-corrected chi connectivity index (χ4v) is 2.32. The van der Waals surface area contributed by atoms with Gasteiger partial charge in [-0.25, -0.2) is 4.79 Å². The molecule has 0 heterocycles. The predicted octanol–water partition coefficient (Wildman–Crippen LogP) is 2.89. The lowest BCUT2D eigenvalue weighted by atomic mass is 10.0. The molecule has 3 N–H and O–H groups in total. The average Bonchev–Trinajstić information content (AvgIpc) is 2.52. The van der Waals surface area contributed by atoms with Gasteiger partial charge in [0.25, 0.3) is 0 Å². The number of ether oxygens (including phenoxy) is 2. The number of carboxylic acid groups (broad SMARTS) is 1. The molecule has 0 saturated heterocycles. The van der Waals surface area contributed by atoms with Crippen molar-refractivity contribution in [1.82, 2.24) is 10.6 Å². The number of aliphatic carboxylic acids is 1. The van der Waals surface area contributed by atoms with Crippen molar-refractivity contribution in [3.05, 3.63) is 29.8 Å². The lowest BCUT2D eigenvalue weighted by Crippen LogP contribution is -2.52. The molecule has 0 bridgehead atoms. The number of carboxylic acids is 1. The Balaban J connectivity index is 2.93. The molecule has 0 unspecified atom stereocenters. The fourth-order valence-electron chi connectivity index (χ4n) is 2.32. The van der Waals surface area contributed by atoms with Gasteiger partial charge in [0.1, 0.15) is 29.0 Å². The monoisotopic (exact) mass is 408 g/mol. The van der Waals surface area contributed by atoms with E-state index in [1.807, 2.05) is 20.8 Å². The fraction of sp³-hybridized carbons (Fsp3) is 0.571. The van der Waals surface area contributed by atoms with Crippen molar-refractivity contribution < 1.29 is 29.0 Å². The summed E-state index contributed by atoms with van der Waals surface area (Å²) in [5.41, 5.74) is -0.300. The SMILES string of the molecule is C[C@H](NC(=O)[C@@H](Cc1ccc(OC(C)(C)C)cc1)NC(=O)OC(C)(C)C)C(=O)O. The quantitative estimate of drug-likeness (QED) is 0.639. The molecule has 0 aliphatic carbocycles. The first-order valence-electron chi connectivity index (χ1n) is 9.47. The van der Waals surface area contributed by atoms with E-state index < -0.39 is 35.7 Å². The highest BCUT2D eigenvalue weighted by Gasteiger charge is 2.27. The largest absolute Gasteiger partial charge is 0.488 e. The van der Waals surface area contributed by atoms with Crippen LogP contribution in [0.3, 0.4) is 0 Å². The summed E-state index contributed by atoms with van der Waals surface area (Å²) in [6.07, 6.45) is -0.596. The van der Waals surface area contributed by atoms with E-state index in [1.165, 1.54) is 6.92 Å². The normalized spacial score (nSPS) is 13.8. The Labute approximate surface area is 172 Å². The standard InChI is InChI=1S/C21H32N2O6/c1-13(18(25)26)22-17(24)16(23-19(27)29-21(5,6)7)12-14-8-10-15(11-9-14)28-20(2,3)4/h8-11,13,16H,12H2,1-7H3,(H,22,24)(H,23,27)(H,25,26)/t13-,16+/m0/s1.